The third-order valence-corrected chi connectivity index (χ3v) is 3.31. The van der Waals surface area contributed by atoms with E-state index >= 15 is 0 Å². The first-order valence-corrected chi connectivity index (χ1v) is 6.00. The highest BCUT2D eigenvalue weighted by atomic mass is 16.3. The largest absolute Gasteiger partial charge is 0.396 e. The average Bonchev–Trinajstić information content (AvgIpc) is 2.81. The summed E-state index contributed by atoms with van der Waals surface area (Å²) in [5, 5.41) is 17.5. The van der Waals surface area contributed by atoms with Crippen molar-refractivity contribution in [3.8, 4) is 11.5 Å². The second kappa shape index (κ2) is 4.38. The molecule has 0 saturated heterocycles. The zero-order chi connectivity index (χ0) is 12.5. The first kappa shape index (κ1) is 11.2. The summed E-state index contributed by atoms with van der Waals surface area (Å²) in [4.78, 5) is 14.1. The predicted molar refractivity (Wildman–Crippen MR) is 65.0 cm³/mol. The summed E-state index contributed by atoms with van der Waals surface area (Å²) in [5.41, 5.74) is 0.513. The molecule has 2 aromatic rings. The van der Waals surface area contributed by atoms with Crippen molar-refractivity contribution in [2.24, 2.45) is 5.92 Å². The molecule has 1 aliphatic rings. The summed E-state index contributed by atoms with van der Waals surface area (Å²) in [6.45, 7) is 0.869. The van der Waals surface area contributed by atoms with Gasteiger partial charge in [-0.1, -0.05) is 6.07 Å². The summed E-state index contributed by atoms with van der Waals surface area (Å²) in [6, 6.07) is 4.97. The maximum Gasteiger partial charge on any atom is 0.248 e. The molecule has 0 bridgehead atoms. The molecule has 3 heterocycles. The number of aliphatic hydroxyl groups excluding tert-OH is 1. The van der Waals surface area contributed by atoms with Gasteiger partial charge < -0.3 is 14.7 Å². The van der Waals surface area contributed by atoms with Crippen LogP contribution in [0.3, 0.4) is 0 Å². The van der Waals surface area contributed by atoms with Crippen LogP contribution in [0.25, 0.3) is 11.5 Å². The fourth-order valence-electron chi connectivity index (χ4n) is 2.32. The molecule has 0 spiro atoms. The van der Waals surface area contributed by atoms with Crippen molar-refractivity contribution >= 4 is 0 Å². The molecular formula is C12H14N4O2. The molecule has 0 aromatic carbocycles. The molecule has 2 aromatic heterocycles. The van der Waals surface area contributed by atoms with Crippen LogP contribution >= 0.6 is 0 Å². The van der Waals surface area contributed by atoms with Crippen molar-refractivity contribution in [2.45, 2.75) is 19.4 Å². The Bertz CT molecular complexity index is 617. The molecule has 1 aliphatic heterocycles. The summed E-state index contributed by atoms with van der Waals surface area (Å²) in [5.74, 6) is 1.82. The van der Waals surface area contributed by atoms with Crippen molar-refractivity contribution < 1.29 is 5.11 Å². The number of H-pyrrole nitrogens is 1. The summed E-state index contributed by atoms with van der Waals surface area (Å²) < 4.78 is 1.98. The fourth-order valence-corrected chi connectivity index (χ4v) is 2.32. The SMILES string of the molecule is O=c1cccc(-c2nnc3n2CC(CO)CC3)[nH]1. The van der Waals surface area contributed by atoms with Gasteiger partial charge in [0, 0.05) is 31.6 Å². The van der Waals surface area contributed by atoms with Crippen LogP contribution in [0.15, 0.2) is 23.0 Å². The number of pyridine rings is 1. The van der Waals surface area contributed by atoms with Crippen LogP contribution in [0, 0.1) is 5.92 Å². The smallest absolute Gasteiger partial charge is 0.248 e. The van der Waals surface area contributed by atoms with Crippen LogP contribution in [-0.2, 0) is 13.0 Å². The van der Waals surface area contributed by atoms with E-state index in [0.29, 0.717) is 18.1 Å². The Morgan fingerprint density at radius 2 is 2.33 bits per heavy atom. The minimum absolute atomic E-state index is 0.153. The minimum atomic E-state index is -0.153. The maximum atomic E-state index is 11.3. The van der Waals surface area contributed by atoms with Gasteiger partial charge in [-0.2, -0.15) is 0 Å². The van der Waals surface area contributed by atoms with E-state index in [1.807, 2.05) is 4.57 Å². The highest BCUT2D eigenvalue weighted by molar-refractivity contribution is 5.49. The van der Waals surface area contributed by atoms with Crippen LogP contribution in [0.4, 0.5) is 0 Å². The van der Waals surface area contributed by atoms with E-state index in [-0.39, 0.29) is 18.1 Å². The third-order valence-electron chi connectivity index (χ3n) is 3.31. The van der Waals surface area contributed by atoms with Crippen molar-refractivity contribution in [2.75, 3.05) is 6.61 Å². The monoisotopic (exact) mass is 246 g/mol. The molecule has 0 aliphatic carbocycles. The molecule has 0 radical (unpaired) electrons. The molecule has 94 valence electrons. The number of hydrogen-bond donors (Lipinski definition) is 2. The molecule has 6 nitrogen and oxygen atoms in total. The zero-order valence-electron chi connectivity index (χ0n) is 9.83. The Morgan fingerprint density at radius 1 is 1.44 bits per heavy atom. The van der Waals surface area contributed by atoms with Crippen LogP contribution in [0.2, 0.25) is 0 Å². The standard InChI is InChI=1S/C12H14N4O2/c17-7-8-4-5-10-14-15-12(16(10)6-8)9-2-1-3-11(18)13-9/h1-3,8,17H,4-7H2,(H,13,18). The van der Waals surface area contributed by atoms with Gasteiger partial charge in [-0.3, -0.25) is 4.79 Å². The maximum absolute atomic E-state index is 11.3. The quantitative estimate of drug-likeness (QED) is 0.792. The average molecular weight is 246 g/mol. The number of aromatic amines is 1. The topological polar surface area (TPSA) is 83.8 Å². The number of nitrogens with zero attached hydrogens (tertiary/aromatic N) is 3. The molecular weight excluding hydrogens is 232 g/mol. The van der Waals surface area contributed by atoms with E-state index < -0.39 is 0 Å². The summed E-state index contributed by atoms with van der Waals surface area (Å²) in [7, 11) is 0. The predicted octanol–water partition coefficient (Wildman–Crippen LogP) is 0.188. The van der Waals surface area contributed by atoms with E-state index in [9.17, 15) is 9.90 Å². The van der Waals surface area contributed by atoms with Gasteiger partial charge in [0.1, 0.15) is 5.82 Å². The van der Waals surface area contributed by atoms with Gasteiger partial charge in [0.25, 0.3) is 0 Å². The van der Waals surface area contributed by atoms with E-state index in [2.05, 4.69) is 15.2 Å². The zero-order valence-corrected chi connectivity index (χ0v) is 9.83. The van der Waals surface area contributed by atoms with Gasteiger partial charge in [-0.25, -0.2) is 0 Å². The molecule has 1 unspecified atom stereocenters. The minimum Gasteiger partial charge on any atom is -0.396 e. The van der Waals surface area contributed by atoms with Gasteiger partial charge in [0.15, 0.2) is 5.82 Å². The Labute approximate surface area is 103 Å². The van der Waals surface area contributed by atoms with Gasteiger partial charge in [-0.15, -0.1) is 10.2 Å². The van der Waals surface area contributed by atoms with E-state index in [4.69, 9.17) is 0 Å². The molecule has 2 N–H and O–H groups in total. The number of hydrogen-bond acceptors (Lipinski definition) is 4. The second-order valence-electron chi connectivity index (χ2n) is 4.57. The van der Waals surface area contributed by atoms with Crippen molar-refractivity contribution in [1.82, 2.24) is 19.7 Å². The van der Waals surface area contributed by atoms with E-state index in [0.717, 1.165) is 18.7 Å². The van der Waals surface area contributed by atoms with Gasteiger partial charge in [0.05, 0.1) is 5.69 Å². The molecule has 0 saturated carbocycles. The molecule has 6 heteroatoms. The lowest BCUT2D eigenvalue weighted by Gasteiger charge is -2.22. The van der Waals surface area contributed by atoms with E-state index in [1.165, 1.54) is 6.07 Å². The first-order valence-electron chi connectivity index (χ1n) is 6.00. The van der Waals surface area contributed by atoms with Crippen molar-refractivity contribution in [3.05, 3.63) is 34.4 Å². The van der Waals surface area contributed by atoms with Crippen molar-refractivity contribution in [1.29, 1.82) is 0 Å². The fraction of sp³-hybridized carbons (Fsp3) is 0.417. The lowest BCUT2D eigenvalue weighted by molar-refractivity contribution is 0.191. The van der Waals surface area contributed by atoms with Crippen molar-refractivity contribution in [3.63, 3.8) is 0 Å². The Hall–Kier alpha value is -1.95. The molecule has 18 heavy (non-hydrogen) atoms. The number of nitrogens with one attached hydrogen (secondary N) is 1. The molecule has 0 amide bonds. The number of aliphatic hydroxyl groups is 1. The highest BCUT2D eigenvalue weighted by Gasteiger charge is 2.23. The number of fused-ring (bicyclic) bond motifs is 1. The van der Waals surface area contributed by atoms with Gasteiger partial charge >= 0.3 is 0 Å². The summed E-state index contributed by atoms with van der Waals surface area (Å²) in [6.07, 6.45) is 1.75. The normalized spacial score (nSPS) is 18.6. The highest BCUT2D eigenvalue weighted by Crippen LogP contribution is 2.23. The van der Waals surface area contributed by atoms with Crippen LogP contribution in [-0.4, -0.2) is 31.5 Å². The first-order chi connectivity index (χ1) is 8.78. The lowest BCUT2D eigenvalue weighted by atomic mass is 10.0. The Kier molecular flexibility index (Phi) is 2.71. The summed E-state index contributed by atoms with van der Waals surface area (Å²) >= 11 is 0. The molecule has 1 atom stereocenters. The Morgan fingerprint density at radius 3 is 3.11 bits per heavy atom. The van der Waals surface area contributed by atoms with Crippen LogP contribution in [0.1, 0.15) is 12.2 Å². The van der Waals surface area contributed by atoms with Crippen LogP contribution in [0.5, 0.6) is 0 Å². The molecule has 0 fully saturated rings. The lowest BCUT2D eigenvalue weighted by Crippen LogP contribution is -2.23. The number of aromatic nitrogens is 4. The van der Waals surface area contributed by atoms with Crippen LogP contribution < -0.4 is 5.56 Å². The number of aryl methyl sites for hydroxylation is 1. The van der Waals surface area contributed by atoms with Gasteiger partial charge in [0.2, 0.25) is 5.56 Å². The second-order valence-corrected chi connectivity index (χ2v) is 4.57. The Balaban J connectivity index is 2.04. The number of rotatable bonds is 2. The molecule has 3 rings (SSSR count). The third kappa shape index (κ3) is 1.84. The van der Waals surface area contributed by atoms with Gasteiger partial charge in [-0.05, 0) is 12.5 Å². The van der Waals surface area contributed by atoms with E-state index in [1.54, 1.807) is 12.1 Å².